The second-order valence-corrected chi connectivity index (χ2v) is 6.38. The molecule has 0 radical (unpaired) electrons. The van der Waals surface area contributed by atoms with E-state index in [2.05, 4.69) is 31.5 Å². The monoisotopic (exact) mass is 372 g/mol. The fraction of sp³-hybridized carbons (Fsp3) is 0.200. The maximum absolute atomic E-state index is 11.3. The van der Waals surface area contributed by atoms with E-state index < -0.39 is 0 Å². The van der Waals surface area contributed by atoms with Crippen LogP contribution < -0.4 is 5.32 Å². The minimum absolute atomic E-state index is 0.673. The van der Waals surface area contributed by atoms with Gasteiger partial charge >= 0.3 is 0 Å². The molecule has 0 fully saturated rings. The van der Waals surface area contributed by atoms with Crippen molar-refractivity contribution in [2.75, 3.05) is 5.32 Å². The maximum Gasteiger partial charge on any atom is 0.151 e. The van der Waals surface area contributed by atoms with Crippen molar-refractivity contribution in [2.45, 2.75) is 33.1 Å². The van der Waals surface area contributed by atoms with Gasteiger partial charge in [0.2, 0.25) is 0 Å². The lowest BCUT2D eigenvalue weighted by atomic mass is 10.0. The van der Waals surface area contributed by atoms with Gasteiger partial charge < -0.3 is 5.32 Å². The first-order valence-corrected chi connectivity index (χ1v) is 9.58. The second kappa shape index (κ2) is 10.8. The average molecular weight is 373 g/mol. The van der Waals surface area contributed by atoms with E-state index >= 15 is 0 Å². The molecular formula is C25H28N2O. The zero-order valence-corrected chi connectivity index (χ0v) is 16.7. The summed E-state index contributed by atoms with van der Waals surface area (Å²) in [6.07, 6.45) is 15.1. The molecule has 1 aromatic carbocycles. The van der Waals surface area contributed by atoms with Crippen molar-refractivity contribution < 1.29 is 4.79 Å². The Morgan fingerprint density at radius 1 is 1.29 bits per heavy atom. The van der Waals surface area contributed by atoms with Gasteiger partial charge in [-0.05, 0) is 49.5 Å². The number of aldehydes is 1. The van der Waals surface area contributed by atoms with E-state index in [-0.39, 0.29) is 0 Å². The van der Waals surface area contributed by atoms with Crippen LogP contribution in [0.2, 0.25) is 0 Å². The van der Waals surface area contributed by atoms with Gasteiger partial charge in [0.1, 0.15) is 0 Å². The lowest BCUT2D eigenvalue weighted by molar-refractivity contribution is -0.104. The van der Waals surface area contributed by atoms with Gasteiger partial charge in [0, 0.05) is 22.7 Å². The summed E-state index contributed by atoms with van der Waals surface area (Å²) in [4.78, 5) is 16.1. The molecule has 0 saturated heterocycles. The van der Waals surface area contributed by atoms with Crippen LogP contribution in [0.4, 0.5) is 5.69 Å². The van der Waals surface area contributed by atoms with Gasteiger partial charge in [0.25, 0.3) is 0 Å². The maximum atomic E-state index is 11.3. The number of aliphatic imine (C=N–C) groups is 1. The highest BCUT2D eigenvalue weighted by atomic mass is 16.1. The summed E-state index contributed by atoms with van der Waals surface area (Å²) < 4.78 is 0. The molecule has 0 aliphatic heterocycles. The molecule has 0 aromatic heterocycles. The van der Waals surface area contributed by atoms with Crippen LogP contribution in [-0.2, 0) is 4.79 Å². The van der Waals surface area contributed by atoms with Crippen LogP contribution in [0.1, 0.15) is 38.7 Å². The molecule has 1 N–H and O–H groups in total. The van der Waals surface area contributed by atoms with E-state index in [1.807, 2.05) is 55.5 Å². The Morgan fingerprint density at radius 3 is 2.75 bits per heavy atom. The lowest BCUT2D eigenvalue weighted by Crippen LogP contribution is -2.05. The Labute approximate surface area is 168 Å². The molecule has 144 valence electrons. The van der Waals surface area contributed by atoms with E-state index in [0.29, 0.717) is 5.57 Å². The quantitative estimate of drug-likeness (QED) is 0.314. The highest BCUT2D eigenvalue weighted by Gasteiger charge is 2.10. The van der Waals surface area contributed by atoms with E-state index in [1.54, 1.807) is 6.08 Å². The van der Waals surface area contributed by atoms with Crippen molar-refractivity contribution in [3.63, 3.8) is 0 Å². The SMILES string of the molecule is C=C/C=C\C(=C/C)C(=C)Nc1cccc(C(CC)=NC2=CCCC=C2C=O)c1. The number of nitrogens with one attached hydrogen (secondary N) is 1. The molecule has 28 heavy (non-hydrogen) atoms. The molecule has 0 amide bonds. The van der Waals surface area contributed by atoms with Gasteiger partial charge in [-0.25, -0.2) is 0 Å². The smallest absolute Gasteiger partial charge is 0.151 e. The Kier molecular flexibility index (Phi) is 8.16. The van der Waals surface area contributed by atoms with E-state index in [1.165, 1.54) is 0 Å². The predicted molar refractivity (Wildman–Crippen MR) is 121 cm³/mol. The van der Waals surface area contributed by atoms with Crippen LogP contribution in [-0.4, -0.2) is 12.0 Å². The van der Waals surface area contributed by atoms with Crippen molar-refractivity contribution >= 4 is 17.7 Å². The van der Waals surface area contributed by atoms with E-state index in [9.17, 15) is 4.79 Å². The van der Waals surface area contributed by atoms with Crippen molar-refractivity contribution in [1.82, 2.24) is 0 Å². The third-order valence-electron chi connectivity index (χ3n) is 4.44. The van der Waals surface area contributed by atoms with Crippen LogP contribution in [0.25, 0.3) is 0 Å². The number of hydrogen-bond acceptors (Lipinski definition) is 3. The summed E-state index contributed by atoms with van der Waals surface area (Å²) in [6.45, 7) is 11.9. The van der Waals surface area contributed by atoms with Gasteiger partial charge in [0.05, 0.1) is 5.70 Å². The third kappa shape index (κ3) is 5.65. The van der Waals surface area contributed by atoms with E-state index in [4.69, 9.17) is 4.99 Å². The van der Waals surface area contributed by atoms with Gasteiger partial charge in [-0.15, -0.1) is 0 Å². The van der Waals surface area contributed by atoms with Crippen LogP contribution in [0.3, 0.4) is 0 Å². The molecule has 0 bridgehead atoms. The lowest BCUT2D eigenvalue weighted by Gasteiger charge is -2.14. The Balaban J connectivity index is 2.26. The molecule has 1 aliphatic rings. The molecule has 3 heteroatoms. The zero-order chi connectivity index (χ0) is 20.4. The zero-order valence-electron chi connectivity index (χ0n) is 16.7. The van der Waals surface area contributed by atoms with Crippen LogP contribution in [0.5, 0.6) is 0 Å². The van der Waals surface area contributed by atoms with Crippen LogP contribution >= 0.6 is 0 Å². The predicted octanol–water partition coefficient (Wildman–Crippen LogP) is 6.30. The number of rotatable bonds is 9. The summed E-state index contributed by atoms with van der Waals surface area (Å²) >= 11 is 0. The summed E-state index contributed by atoms with van der Waals surface area (Å²) in [5, 5.41) is 3.36. The van der Waals surface area contributed by atoms with Crippen molar-refractivity contribution in [2.24, 2.45) is 4.99 Å². The van der Waals surface area contributed by atoms with Gasteiger partial charge in [-0.3, -0.25) is 9.79 Å². The fourth-order valence-electron chi connectivity index (χ4n) is 2.96. The number of carbonyl (C=O) groups is 1. The minimum Gasteiger partial charge on any atom is -0.356 e. The normalized spacial score (nSPS) is 15.1. The molecule has 3 nitrogen and oxygen atoms in total. The highest BCUT2D eigenvalue weighted by molar-refractivity contribution is 6.02. The first-order valence-electron chi connectivity index (χ1n) is 9.58. The summed E-state index contributed by atoms with van der Waals surface area (Å²) in [5.74, 6) is 0. The van der Waals surface area contributed by atoms with Gasteiger partial charge in [0.15, 0.2) is 6.29 Å². The molecule has 0 heterocycles. The van der Waals surface area contributed by atoms with Gasteiger partial charge in [-0.2, -0.15) is 0 Å². The molecule has 0 saturated carbocycles. The summed E-state index contributed by atoms with van der Waals surface area (Å²) in [5.41, 5.74) is 6.18. The molecular weight excluding hydrogens is 344 g/mol. The molecule has 0 unspecified atom stereocenters. The largest absolute Gasteiger partial charge is 0.356 e. The molecule has 2 rings (SSSR count). The highest BCUT2D eigenvalue weighted by Crippen LogP contribution is 2.22. The number of nitrogens with zero attached hydrogens (tertiary/aromatic N) is 1. The van der Waals surface area contributed by atoms with Crippen molar-refractivity contribution in [3.05, 3.63) is 102 Å². The topological polar surface area (TPSA) is 41.5 Å². The van der Waals surface area contributed by atoms with Crippen LogP contribution in [0, 0.1) is 0 Å². The molecule has 1 aromatic rings. The second-order valence-electron chi connectivity index (χ2n) is 6.38. The first kappa shape index (κ1) is 21.1. The molecule has 0 spiro atoms. The first-order chi connectivity index (χ1) is 13.6. The Morgan fingerprint density at radius 2 is 2.07 bits per heavy atom. The van der Waals surface area contributed by atoms with Crippen molar-refractivity contribution in [3.8, 4) is 0 Å². The summed E-state index contributed by atoms with van der Waals surface area (Å²) in [6, 6.07) is 8.10. The third-order valence-corrected chi connectivity index (χ3v) is 4.44. The Bertz CT molecular complexity index is 895. The minimum atomic E-state index is 0.673. The average Bonchev–Trinajstić information content (AvgIpc) is 2.73. The number of allylic oxidation sites excluding steroid dienone is 7. The van der Waals surface area contributed by atoms with E-state index in [0.717, 1.165) is 59.5 Å². The fourth-order valence-corrected chi connectivity index (χ4v) is 2.96. The van der Waals surface area contributed by atoms with Crippen LogP contribution in [0.15, 0.2) is 101 Å². The van der Waals surface area contributed by atoms with Crippen molar-refractivity contribution in [1.29, 1.82) is 0 Å². The molecule has 0 atom stereocenters. The molecule has 1 aliphatic carbocycles. The summed E-state index contributed by atoms with van der Waals surface area (Å²) in [7, 11) is 0. The standard InChI is InChI=1S/C25H28N2O/c1-5-8-12-20(6-2)19(4)26-23-15-11-14-21(17-23)24(7-3)27-25-16-10-9-13-22(25)18-28/h5-6,8,11-18,26H,1,4,7,9-10H2,2-3H3/b12-8-,20-6+,27-24?. The number of benzene rings is 1. The Hall–Kier alpha value is -3.20. The number of anilines is 1. The number of carbonyl (C=O) groups excluding carboxylic acids is 1. The number of hydrogen-bond donors (Lipinski definition) is 1. The van der Waals surface area contributed by atoms with Gasteiger partial charge in [-0.1, -0.05) is 68.7 Å².